The van der Waals surface area contributed by atoms with E-state index in [1.165, 1.54) is 0 Å². The first kappa shape index (κ1) is 15.8. The summed E-state index contributed by atoms with van der Waals surface area (Å²) in [4.78, 5) is 21.5. The zero-order chi connectivity index (χ0) is 15.6. The largest absolute Gasteiger partial charge is 0.357 e. The molecular weight excluding hydrogens is 290 g/mol. The molecule has 0 bridgehead atoms. The number of anilines is 2. The van der Waals surface area contributed by atoms with Crippen molar-refractivity contribution in [2.45, 2.75) is 31.9 Å². The highest BCUT2D eigenvalue weighted by molar-refractivity contribution is 8.00. The molecule has 8 heteroatoms. The van der Waals surface area contributed by atoms with Gasteiger partial charge in [-0.1, -0.05) is 13.8 Å². The van der Waals surface area contributed by atoms with Crippen LogP contribution in [0.5, 0.6) is 0 Å². The van der Waals surface area contributed by atoms with E-state index in [1.54, 1.807) is 14.0 Å². The van der Waals surface area contributed by atoms with E-state index in [1.807, 2.05) is 16.7 Å². The smallest absolute Gasteiger partial charge is 0.332 e. The Morgan fingerprint density at radius 1 is 1.38 bits per heavy atom. The third kappa shape index (κ3) is 3.55. The van der Waals surface area contributed by atoms with Crippen LogP contribution in [0.4, 0.5) is 17.5 Å². The molecule has 0 saturated carbocycles. The molecule has 1 N–H and O–H groups in total. The summed E-state index contributed by atoms with van der Waals surface area (Å²) in [7, 11) is 1.71. The Labute approximate surface area is 128 Å². The van der Waals surface area contributed by atoms with Crippen molar-refractivity contribution in [3.63, 3.8) is 0 Å². The van der Waals surface area contributed by atoms with Crippen molar-refractivity contribution in [2.75, 3.05) is 36.1 Å². The summed E-state index contributed by atoms with van der Waals surface area (Å²) < 4.78 is 0.192. The molecule has 21 heavy (non-hydrogen) atoms. The SMILES string of the molecule is CNc1nc(C)c([N+](=O)[O-])c(N2CCSC(C)(C)CC2)n1. The Balaban J connectivity index is 2.41. The van der Waals surface area contributed by atoms with Gasteiger partial charge >= 0.3 is 5.69 Å². The monoisotopic (exact) mass is 311 g/mol. The second kappa shape index (κ2) is 6.05. The van der Waals surface area contributed by atoms with Gasteiger partial charge in [0.25, 0.3) is 0 Å². The predicted octanol–water partition coefficient (Wildman–Crippen LogP) is 2.46. The number of hydrogen-bond donors (Lipinski definition) is 1. The first-order valence-corrected chi connectivity index (χ1v) is 7.92. The normalized spacial score (nSPS) is 18.2. The Kier molecular flexibility index (Phi) is 4.55. The molecule has 1 aliphatic rings. The zero-order valence-corrected chi connectivity index (χ0v) is 13.7. The third-order valence-electron chi connectivity index (χ3n) is 3.58. The summed E-state index contributed by atoms with van der Waals surface area (Å²) >= 11 is 1.90. The lowest BCUT2D eigenvalue weighted by atomic mass is 10.1. The summed E-state index contributed by atoms with van der Waals surface area (Å²) in [5.74, 6) is 1.78. The van der Waals surface area contributed by atoms with Crippen molar-refractivity contribution in [3.05, 3.63) is 15.8 Å². The van der Waals surface area contributed by atoms with E-state index < -0.39 is 0 Å². The van der Waals surface area contributed by atoms with Crippen LogP contribution in [-0.4, -0.2) is 45.5 Å². The highest BCUT2D eigenvalue weighted by Crippen LogP contribution is 2.35. The average molecular weight is 311 g/mol. The van der Waals surface area contributed by atoms with Crippen LogP contribution in [0, 0.1) is 17.0 Å². The van der Waals surface area contributed by atoms with Crippen molar-refractivity contribution in [3.8, 4) is 0 Å². The maximum atomic E-state index is 11.4. The van der Waals surface area contributed by atoms with Gasteiger partial charge in [0, 0.05) is 30.6 Å². The van der Waals surface area contributed by atoms with Gasteiger partial charge in [-0.2, -0.15) is 16.7 Å². The number of aryl methyl sites for hydroxylation is 1. The van der Waals surface area contributed by atoms with Gasteiger partial charge in [0.15, 0.2) is 0 Å². The minimum atomic E-state index is -0.382. The van der Waals surface area contributed by atoms with Crippen LogP contribution in [0.2, 0.25) is 0 Å². The van der Waals surface area contributed by atoms with E-state index in [0.717, 1.165) is 25.3 Å². The quantitative estimate of drug-likeness (QED) is 0.678. The number of hydrogen-bond acceptors (Lipinski definition) is 7. The molecule has 1 aromatic rings. The lowest BCUT2D eigenvalue weighted by Gasteiger charge is -2.23. The molecule has 1 fully saturated rings. The van der Waals surface area contributed by atoms with E-state index in [4.69, 9.17) is 0 Å². The number of aromatic nitrogens is 2. The summed E-state index contributed by atoms with van der Waals surface area (Å²) in [6, 6.07) is 0. The first-order valence-electron chi connectivity index (χ1n) is 6.94. The molecule has 0 radical (unpaired) electrons. The first-order chi connectivity index (χ1) is 9.84. The van der Waals surface area contributed by atoms with E-state index in [0.29, 0.717) is 17.5 Å². The van der Waals surface area contributed by atoms with Crippen LogP contribution in [-0.2, 0) is 0 Å². The highest BCUT2D eigenvalue weighted by atomic mass is 32.2. The molecule has 2 heterocycles. The maximum absolute atomic E-state index is 11.4. The molecule has 0 atom stereocenters. The Hall–Kier alpha value is -1.57. The van der Waals surface area contributed by atoms with Gasteiger partial charge in [0.05, 0.1) is 4.92 Å². The van der Waals surface area contributed by atoms with Crippen LogP contribution in [0.3, 0.4) is 0 Å². The molecule has 0 aliphatic carbocycles. The topological polar surface area (TPSA) is 84.2 Å². The molecule has 1 aromatic heterocycles. The lowest BCUT2D eigenvalue weighted by molar-refractivity contribution is -0.385. The fourth-order valence-corrected chi connectivity index (χ4v) is 3.43. The molecule has 0 amide bonds. The third-order valence-corrected chi connectivity index (χ3v) is 4.96. The van der Waals surface area contributed by atoms with Gasteiger partial charge in [-0.25, -0.2) is 4.98 Å². The summed E-state index contributed by atoms with van der Waals surface area (Å²) in [6.45, 7) is 7.59. The van der Waals surface area contributed by atoms with E-state index >= 15 is 0 Å². The minimum absolute atomic E-state index is 0.0127. The predicted molar refractivity (Wildman–Crippen MR) is 86.3 cm³/mol. The van der Waals surface area contributed by atoms with Crippen LogP contribution in [0.15, 0.2) is 0 Å². The number of nitrogens with one attached hydrogen (secondary N) is 1. The van der Waals surface area contributed by atoms with E-state index in [-0.39, 0.29) is 15.4 Å². The Morgan fingerprint density at radius 2 is 2.10 bits per heavy atom. The van der Waals surface area contributed by atoms with Crippen molar-refractivity contribution in [1.29, 1.82) is 0 Å². The van der Waals surface area contributed by atoms with Gasteiger partial charge in [-0.3, -0.25) is 10.1 Å². The van der Waals surface area contributed by atoms with Crippen LogP contribution >= 0.6 is 11.8 Å². The maximum Gasteiger partial charge on any atom is 0.332 e. The van der Waals surface area contributed by atoms with Gasteiger partial charge in [-0.05, 0) is 13.3 Å². The van der Waals surface area contributed by atoms with E-state index in [2.05, 4.69) is 29.1 Å². The molecule has 1 aliphatic heterocycles. The molecule has 1 saturated heterocycles. The number of nitro groups is 1. The fraction of sp³-hybridized carbons (Fsp3) is 0.692. The zero-order valence-electron chi connectivity index (χ0n) is 12.8. The van der Waals surface area contributed by atoms with Crippen LogP contribution in [0.25, 0.3) is 0 Å². The van der Waals surface area contributed by atoms with Crippen molar-refractivity contribution >= 4 is 29.2 Å². The lowest BCUT2D eigenvalue weighted by Crippen LogP contribution is -2.29. The van der Waals surface area contributed by atoms with Crippen molar-refractivity contribution in [1.82, 2.24) is 9.97 Å². The molecule has 7 nitrogen and oxygen atoms in total. The molecular formula is C13H21N5O2S. The highest BCUT2D eigenvalue weighted by Gasteiger charge is 2.30. The van der Waals surface area contributed by atoms with Crippen molar-refractivity contribution in [2.24, 2.45) is 0 Å². The van der Waals surface area contributed by atoms with E-state index in [9.17, 15) is 10.1 Å². The van der Waals surface area contributed by atoms with Crippen LogP contribution in [0.1, 0.15) is 26.0 Å². The number of thioether (sulfide) groups is 1. The Morgan fingerprint density at radius 3 is 2.71 bits per heavy atom. The average Bonchev–Trinajstić information content (AvgIpc) is 2.58. The molecule has 0 unspecified atom stereocenters. The second-order valence-corrected chi connectivity index (χ2v) is 7.46. The van der Waals surface area contributed by atoms with Crippen LogP contribution < -0.4 is 10.2 Å². The second-order valence-electron chi connectivity index (χ2n) is 5.66. The molecule has 0 spiro atoms. The van der Waals surface area contributed by atoms with Crippen molar-refractivity contribution < 1.29 is 4.92 Å². The standard InChI is InChI=1S/C13H21N5O2S/c1-9-10(18(19)20)11(16-12(14-4)15-9)17-6-5-13(2,3)21-8-7-17/h5-8H2,1-4H3,(H,14,15,16). The van der Waals surface area contributed by atoms with Gasteiger partial charge in [0.1, 0.15) is 5.69 Å². The minimum Gasteiger partial charge on any atom is -0.357 e. The Bertz CT molecular complexity index is 550. The summed E-state index contributed by atoms with van der Waals surface area (Å²) in [6.07, 6.45) is 0.965. The summed E-state index contributed by atoms with van der Waals surface area (Å²) in [5.41, 5.74) is 0.407. The molecule has 2 rings (SSSR count). The van der Waals surface area contributed by atoms with Gasteiger partial charge in [-0.15, -0.1) is 0 Å². The number of rotatable bonds is 3. The fourth-order valence-electron chi connectivity index (χ4n) is 2.33. The molecule has 116 valence electrons. The molecule has 0 aromatic carbocycles. The van der Waals surface area contributed by atoms with Gasteiger partial charge < -0.3 is 10.2 Å². The summed E-state index contributed by atoms with van der Waals surface area (Å²) in [5, 5.41) is 14.2. The number of nitrogens with zero attached hydrogens (tertiary/aromatic N) is 4. The van der Waals surface area contributed by atoms with Gasteiger partial charge in [0.2, 0.25) is 11.8 Å².